The Hall–Kier alpha value is -2.19. The molecule has 2 rings (SSSR count). The summed E-state index contributed by atoms with van der Waals surface area (Å²) in [5.74, 6) is 0. The summed E-state index contributed by atoms with van der Waals surface area (Å²) in [6.07, 6.45) is 3.10. The molecule has 0 radical (unpaired) electrons. The van der Waals surface area contributed by atoms with Crippen molar-refractivity contribution in [3.05, 3.63) is 41.0 Å². The molecule has 1 aromatic heterocycles. The van der Waals surface area contributed by atoms with Gasteiger partial charge in [0.25, 0.3) is 0 Å². The molecule has 0 aliphatic carbocycles. The van der Waals surface area contributed by atoms with Crippen LogP contribution in [0.15, 0.2) is 34.9 Å². The lowest BCUT2D eigenvalue weighted by molar-refractivity contribution is 1.42. The summed E-state index contributed by atoms with van der Waals surface area (Å²) < 4.78 is 0.886. The van der Waals surface area contributed by atoms with Crippen molar-refractivity contribution in [3.63, 3.8) is 0 Å². The van der Waals surface area contributed by atoms with Crippen LogP contribution in [0.5, 0.6) is 0 Å². The molecular formula is C12H10N4S. The largest absolute Gasteiger partial charge is 0.405 e. The van der Waals surface area contributed by atoms with Crippen LogP contribution in [0.4, 0.5) is 0 Å². The molecule has 0 aliphatic rings. The first-order valence-corrected chi connectivity index (χ1v) is 5.81. The number of nitrogens with two attached hydrogens (primary N) is 1. The van der Waals surface area contributed by atoms with E-state index in [4.69, 9.17) is 5.73 Å². The molecule has 0 fully saturated rings. The van der Waals surface area contributed by atoms with Crippen molar-refractivity contribution >= 4 is 27.3 Å². The third-order valence-corrected chi connectivity index (χ3v) is 3.24. The highest BCUT2D eigenvalue weighted by Crippen LogP contribution is 2.25. The molecule has 17 heavy (non-hydrogen) atoms. The van der Waals surface area contributed by atoms with Gasteiger partial charge in [-0.05, 0) is 24.4 Å². The van der Waals surface area contributed by atoms with Gasteiger partial charge in [-0.15, -0.1) is 11.3 Å². The van der Waals surface area contributed by atoms with Crippen LogP contribution in [-0.4, -0.2) is 17.7 Å². The van der Waals surface area contributed by atoms with E-state index in [0.29, 0.717) is 11.3 Å². The SMILES string of the molecule is CN=C(C=CN)c1ccc2ncsc2c1C#N. The number of benzene rings is 1. The lowest BCUT2D eigenvalue weighted by atomic mass is 10.0. The Morgan fingerprint density at radius 1 is 1.59 bits per heavy atom. The highest BCUT2D eigenvalue weighted by Gasteiger charge is 2.12. The van der Waals surface area contributed by atoms with Gasteiger partial charge in [0.05, 0.1) is 27.0 Å². The minimum absolute atomic E-state index is 0.601. The molecule has 0 spiro atoms. The lowest BCUT2D eigenvalue weighted by Gasteiger charge is -2.03. The first-order valence-electron chi connectivity index (χ1n) is 4.93. The topological polar surface area (TPSA) is 75.1 Å². The van der Waals surface area contributed by atoms with Gasteiger partial charge in [0, 0.05) is 12.6 Å². The maximum Gasteiger partial charge on any atom is 0.101 e. The summed E-state index contributed by atoms with van der Waals surface area (Å²) in [6.45, 7) is 0. The fourth-order valence-electron chi connectivity index (χ4n) is 1.63. The van der Waals surface area contributed by atoms with Crippen LogP contribution in [0.1, 0.15) is 11.1 Å². The van der Waals surface area contributed by atoms with E-state index >= 15 is 0 Å². The van der Waals surface area contributed by atoms with Gasteiger partial charge in [-0.25, -0.2) is 4.98 Å². The average Bonchev–Trinajstić information content (AvgIpc) is 2.83. The fraction of sp³-hybridized carbons (Fsp3) is 0.0833. The van der Waals surface area contributed by atoms with Crippen molar-refractivity contribution in [1.29, 1.82) is 5.26 Å². The number of hydrogen-bond donors (Lipinski definition) is 1. The number of aliphatic imine (C=N–C) groups is 1. The maximum atomic E-state index is 9.27. The summed E-state index contributed by atoms with van der Waals surface area (Å²) >= 11 is 1.45. The first kappa shape index (κ1) is 11.3. The standard InChI is InChI=1S/C12H10N4S/c1-15-10(4-5-13)8-2-3-11-12(9(8)6-14)17-7-16-11/h2-5,7H,13H2,1H3. The summed E-state index contributed by atoms with van der Waals surface area (Å²) in [4.78, 5) is 8.32. The number of fused-ring (bicyclic) bond motifs is 1. The number of rotatable bonds is 2. The second kappa shape index (κ2) is 4.76. The van der Waals surface area contributed by atoms with Crippen molar-refractivity contribution < 1.29 is 0 Å². The summed E-state index contributed by atoms with van der Waals surface area (Å²) in [6, 6.07) is 5.95. The molecule has 2 aromatic rings. The van der Waals surface area contributed by atoms with Gasteiger partial charge >= 0.3 is 0 Å². The number of nitrogens with zero attached hydrogens (tertiary/aromatic N) is 3. The van der Waals surface area contributed by atoms with Gasteiger partial charge in [0.15, 0.2) is 0 Å². The highest BCUT2D eigenvalue weighted by atomic mass is 32.1. The number of thiazole rings is 1. The molecule has 84 valence electrons. The zero-order chi connectivity index (χ0) is 12.3. The number of allylic oxidation sites excluding steroid dienone is 1. The number of hydrogen-bond acceptors (Lipinski definition) is 5. The Bertz CT molecular complexity index is 646. The normalized spacial score (nSPS) is 12.1. The second-order valence-corrected chi connectivity index (χ2v) is 4.12. The molecule has 0 saturated heterocycles. The molecule has 0 atom stereocenters. The maximum absolute atomic E-state index is 9.27. The van der Waals surface area contributed by atoms with Crippen molar-refractivity contribution in [2.45, 2.75) is 0 Å². The lowest BCUT2D eigenvalue weighted by Crippen LogP contribution is -2.01. The quantitative estimate of drug-likeness (QED) is 0.819. The second-order valence-electron chi connectivity index (χ2n) is 3.27. The van der Waals surface area contributed by atoms with Gasteiger partial charge in [-0.1, -0.05) is 0 Å². The smallest absolute Gasteiger partial charge is 0.101 e. The molecule has 0 aliphatic heterocycles. The molecule has 0 saturated carbocycles. The molecule has 1 heterocycles. The molecule has 0 bridgehead atoms. The van der Waals surface area contributed by atoms with Gasteiger partial charge in [-0.2, -0.15) is 5.26 Å². The average molecular weight is 242 g/mol. The van der Waals surface area contributed by atoms with E-state index in [9.17, 15) is 5.26 Å². The van der Waals surface area contributed by atoms with Crippen molar-refractivity contribution in [2.24, 2.45) is 10.7 Å². The van der Waals surface area contributed by atoms with Gasteiger partial charge in [0.1, 0.15) is 6.07 Å². The van der Waals surface area contributed by atoms with E-state index in [1.807, 2.05) is 12.1 Å². The summed E-state index contributed by atoms with van der Waals surface area (Å²) in [5.41, 5.74) is 10.0. The van der Waals surface area contributed by atoms with Crippen molar-refractivity contribution in [3.8, 4) is 6.07 Å². The Morgan fingerprint density at radius 3 is 3.06 bits per heavy atom. The minimum Gasteiger partial charge on any atom is -0.405 e. The third-order valence-electron chi connectivity index (χ3n) is 2.38. The summed E-state index contributed by atoms with van der Waals surface area (Å²) in [5, 5.41) is 9.27. The molecule has 0 amide bonds. The molecule has 0 unspecified atom stereocenters. The van der Waals surface area contributed by atoms with Gasteiger partial charge in [-0.3, -0.25) is 4.99 Å². The van der Waals surface area contributed by atoms with Crippen LogP contribution < -0.4 is 5.73 Å². The van der Waals surface area contributed by atoms with Crippen molar-refractivity contribution in [2.75, 3.05) is 7.05 Å². The monoisotopic (exact) mass is 242 g/mol. The van der Waals surface area contributed by atoms with Crippen LogP contribution in [0.3, 0.4) is 0 Å². The van der Waals surface area contributed by atoms with Crippen LogP contribution in [0, 0.1) is 11.3 Å². The zero-order valence-electron chi connectivity index (χ0n) is 9.21. The fourth-order valence-corrected chi connectivity index (χ4v) is 2.42. The number of aromatic nitrogens is 1. The predicted octanol–water partition coefficient (Wildman–Crippen LogP) is 2.06. The molecular weight excluding hydrogens is 232 g/mol. The van der Waals surface area contributed by atoms with E-state index in [1.165, 1.54) is 17.5 Å². The highest BCUT2D eigenvalue weighted by molar-refractivity contribution is 7.17. The molecule has 4 nitrogen and oxygen atoms in total. The van der Waals surface area contributed by atoms with Crippen LogP contribution in [-0.2, 0) is 0 Å². The van der Waals surface area contributed by atoms with Gasteiger partial charge in [0.2, 0.25) is 0 Å². The predicted molar refractivity (Wildman–Crippen MR) is 70.1 cm³/mol. The first-order chi connectivity index (χ1) is 8.31. The minimum atomic E-state index is 0.601. The van der Waals surface area contributed by atoms with E-state index in [-0.39, 0.29) is 0 Å². The number of nitriles is 1. The van der Waals surface area contributed by atoms with Crippen LogP contribution >= 0.6 is 11.3 Å². The van der Waals surface area contributed by atoms with Crippen LogP contribution in [0.2, 0.25) is 0 Å². The van der Waals surface area contributed by atoms with E-state index in [0.717, 1.165) is 15.8 Å². The summed E-state index contributed by atoms with van der Waals surface area (Å²) in [7, 11) is 1.67. The Kier molecular flexibility index (Phi) is 3.17. The third kappa shape index (κ3) is 1.90. The van der Waals surface area contributed by atoms with E-state index in [1.54, 1.807) is 18.6 Å². The Balaban J connectivity index is 2.74. The van der Waals surface area contributed by atoms with Gasteiger partial charge < -0.3 is 5.73 Å². The zero-order valence-corrected chi connectivity index (χ0v) is 10.0. The Labute approximate surface area is 103 Å². The van der Waals surface area contributed by atoms with Crippen LogP contribution in [0.25, 0.3) is 10.2 Å². The molecule has 5 heteroatoms. The Morgan fingerprint density at radius 2 is 2.41 bits per heavy atom. The molecule has 2 N–H and O–H groups in total. The van der Waals surface area contributed by atoms with E-state index in [2.05, 4.69) is 16.0 Å². The van der Waals surface area contributed by atoms with Crippen molar-refractivity contribution in [1.82, 2.24) is 4.98 Å². The van der Waals surface area contributed by atoms with E-state index < -0.39 is 0 Å². The molecule has 1 aromatic carbocycles.